The number of hydroxylamine groups is 2. The largest absolute Gasteiger partial charge is 0.399 e. The number of fused-ring (bicyclic) bond motifs is 1. The first kappa shape index (κ1) is 28.8. The van der Waals surface area contributed by atoms with E-state index < -0.39 is 10.8 Å². The zero-order chi connectivity index (χ0) is 28.8. The topological polar surface area (TPSA) is 111 Å². The van der Waals surface area contributed by atoms with E-state index >= 15 is 0 Å². The summed E-state index contributed by atoms with van der Waals surface area (Å²) in [4.78, 5) is 25.0. The van der Waals surface area contributed by atoms with E-state index in [1.165, 1.54) is 11.5 Å². The lowest BCUT2D eigenvalue weighted by molar-refractivity contribution is -0.187. The van der Waals surface area contributed by atoms with Gasteiger partial charge in [-0.05, 0) is 72.4 Å². The van der Waals surface area contributed by atoms with E-state index in [2.05, 4.69) is 4.99 Å². The van der Waals surface area contributed by atoms with Gasteiger partial charge in [0.25, 0.3) is 5.91 Å². The Morgan fingerprint density at radius 1 is 1.00 bits per heavy atom. The molecule has 7 nitrogen and oxygen atoms in total. The van der Waals surface area contributed by atoms with Gasteiger partial charge in [0.15, 0.2) is 0 Å². The number of nitrogen functional groups attached to an aromatic ring is 1. The number of rotatable bonds is 9. The van der Waals surface area contributed by atoms with E-state index in [-0.39, 0.29) is 24.2 Å². The summed E-state index contributed by atoms with van der Waals surface area (Å²) in [6.07, 6.45) is 8.43. The number of benzene rings is 3. The summed E-state index contributed by atoms with van der Waals surface area (Å²) >= 11 is 0. The van der Waals surface area contributed by atoms with E-state index in [0.717, 1.165) is 59.3 Å². The lowest BCUT2D eigenvalue weighted by atomic mass is 10.0. The van der Waals surface area contributed by atoms with Crippen LogP contribution in [0.5, 0.6) is 0 Å². The third kappa shape index (κ3) is 7.13. The highest BCUT2D eigenvalue weighted by molar-refractivity contribution is 7.85. The molecule has 4 N–H and O–H groups in total. The van der Waals surface area contributed by atoms with Gasteiger partial charge in [-0.25, -0.2) is 10.1 Å². The Labute approximate surface area is 244 Å². The van der Waals surface area contributed by atoms with E-state index in [1.54, 1.807) is 0 Å². The smallest absolute Gasteiger partial charge is 0.273 e. The summed E-state index contributed by atoms with van der Waals surface area (Å²) in [5, 5.41) is 1.64. The Bertz CT molecular complexity index is 1480. The minimum Gasteiger partial charge on any atom is -0.399 e. The Kier molecular flexibility index (Phi) is 9.31. The fourth-order valence-electron chi connectivity index (χ4n) is 5.33. The minimum atomic E-state index is -1.01. The van der Waals surface area contributed by atoms with Crippen molar-refractivity contribution in [2.24, 2.45) is 10.7 Å². The summed E-state index contributed by atoms with van der Waals surface area (Å²) < 4.78 is 13.3. The molecule has 0 saturated heterocycles. The van der Waals surface area contributed by atoms with E-state index in [9.17, 15) is 9.00 Å². The maximum absolute atomic E-state index is 13.6. The Balaban J connectivity index is 1.36. The van der Waals surface area contributed by atoms with Crippen molar-refractivity contribution in [1.29, 1.82) is 0 Å². The molecule has 1 aliphatic heterocycles. The first-order valence-corrected chi connectivity index (χ1v) is 15.6. The van der Waals surface area contributed by atoms with Crippen molar-refractivity contribution < 1.29 is 13.8 Å². The zero-order valence-corrected chi connectivity index (χ0v) is 24.4. The van der Waals surface area contributed by atoms with Crippen LogP contribution in [0.3, 0.4) is 0 Å². The second-order valence-corrected chi connectivity index (χ2v) is 12.5. The van der Waals surface area contributed by atoms with Crippen molar-refractivity contribution in [3.8, 4) is 11.1 Å². The van der Waals surface area contributed by atoms with Gasteiger partial charge in [0.2, 0.25) is 0 Å². The molecule has 1 atom stereocenters. The summed E-state index contributed by atoms with van der Waals surface area (Å²) in [7, 11) is -1.01. The number of anilines is 1. The molecule has 214 valence electrons. The predicted molar refractivity (Wildman–Crippen MR) is 167 cm³/mol. The Morgan fingerprint density at radius 3 is 2.51 bits per heavy atom. The summed E-state index contributed by atoms with van der Waals surface area (Å²) in [6, 6.07) is 21.3. The summed E-state index contributed by atoms with van der Waals surface area (Å²) in [5.41, 5.74) is 17.7. The first-order chi connectivity index (χ1) is 19.9. The lowest BCUT2D eigenvalue weighted by Crippen LogP contribution is -2.34. The van der Waals surface area contributed by atoms with Gasteiger partial charge in [-0.2, -0.15) is 0 Å². The number of aliphatic imine (C=N–C) groups is 1. The predicted octanol–water partition coefficient (Wildman–Crippen LogP) is 6.52. The average Bonchev–Trinajstić information content (AvgIpc) is 3.17. The van der Waals surface area contributed by atoms with E-state index in [4.69, 9.17) is 16.3 Å². The maximum atomic E-state index is 13.6. The van der Waals surface area contributed by atoms with Crippen LogP contribution in [0.15, 0.2) is 82.2 Å². The number of hydrogen-bond acceptors (Lipinski definition) is 6. The van der Waals surface area contributed by atoms with E-state index in [1.807, 2.05) is 79.7 Å². The van der Waals surface area contributed by atoms with Crippen LogP contribution in [-0.4, -0.2) is 32.8 Å². The highest BCUT2D eigenvalue weighted by Crippen LogP contribution is 2.34. The van der Waals surface area contributed by atoms with Crippen LogP contribution in [0.4, 0.5) is 11.4 Å². The average molecular weight is 571 g/mol. The van der Waals surface area contributed by atoms with Crippen molar-refractivity contribution >= 4 is 40.0 Å². The van der Waals surface area contributed by atoms with Crippen LogP contribution in [0.1, 0.15) is 63.0 Å². The van der Waals surface area contributed by atoms with Gasteiger partial charge in [0.1, 0.15) is 12.4 Å². The van der Waals surface area contributed by atoms with Crippen molar-refractivity contribution in [2.45, 2.75) is 68.6 Å². The molecule has 3 aromatic carbocycles. The highest BCUT2D eigenvalue weighted by Gasteiger charge is 2.23. The van der Waals surface area contributed by atoms with Crippen LogP contribution >= 0.6 is 0 Å². The summed E-state index contributed by atoms with van der Waals surface area (Å²) in [6.45, 7) is 2.71. The second kappa shape index (κ2) is 13.3. The SMILES string of the molecule is CCCN(OCc1ccc(N)cc1)C(=O)C1=Cc2ccc(-c3cccc(S(=O)C4CCCCC4)c3)cc2N=C(N)C1. The molecular weight excluding hydrogens is 532 g/mol. The minimum absolute atomic E-state index is 0.226. The standard InChI is InChI=1S/C33H38N4O3S/c1-2-17-37(40-22-23-11-15-28(34)16-12-23)33(38)27-18-26-14-13-25(20-31(26)36-32(35)21-27)24-7-6-10-30(19-24)41(39)29-8-4-3-5-9-29/h6-7,10-16,18-20,29H,2-5,8-9,17,21-22,34H2,1H3,(H2,35,36). The molecule has 1 amide bonds. The molecule has 0 aromatic heterocycles. The molecule has 3 aromatic rings. The fourth-order valence-corrected chi connectivity index (χ4v) is 6.94. The van der Waals surface area contributed by atoms with Crippen molar-refractivity contribution in [3.63, 3.8) is 0 Å². The monoisotopic (exact) mass is 570 g/mol. The molecule has 1 saturated carbocycles. The molecule has 41 heavy (non-hydrogen) atoms. The van der Waals surface area contributed by atoms with Crippen LogP contribution in [-0.2, 0) is 27.0 Å². The van der Waals surface area contributed by atoms with Crippen molar-refractivity contribution in [3.05, 3.63) is 83.4 Å². The van der Waals surface area contributed by atoms with Crippen LogP contribution in [0.25, 0.3) is 17.2 Å². The van der Waals surface area contributed by atoms with Crippen LogP contribution < -0.4 is 11.5 Å². The molecule has 8 heteroatoms. The van der Waals surface area contributed by atoms with Gasteiger partial charge in [0.05, 0.1) is 16.5 Å². The van der Waals surface area contributed by atoms with Crippen LogP contribution in [0, 0.1) is 0 Å². The molecule has 0 bridgehead atoms. The summed E-state index contributed by atoms with van der Waals surface area (Å²) in [5.74, 6) is 0.137. The molecule has 1 aliphatic carbocycles. The number of carbonyl (C=O) groups excluding carboxylic acids is 1. The fraction of sp³-hybridized carbons (Fsp3) is 0.333. The molecule has 0 spiro atoms. The van der Waals surface area contributed by atoms with Gasteiger partial charge < -0.3 is 11.5 Å². The lowest BCUT2D eigenvalue weighted by Gasteiger charge is -2.22. The molecule has 0 radical (unpaired) electrons. The van der Waals surface area contributed by atoms with Gasteiger partial charge in [0, 0.05) is 39.9 Å². The number of hydrogen-bond donors (Lipinski definition) is 2. The third-order valence-corrected chi connectivity index (χ3v) is 9.34. The number of nitrogens with zero attached hydrogens (tertiary/aromatic N) is 2. The van der Waals surface area contributed by atoms with Crippen molar-refractivity contribution in [1.82, 2.24) is 5.06 Å². The first-order valence-electron chi connectivity index (χ1n) is 14.4. The maximum Gasteiger partial charge on any atom is 0.273 e. The second-order valence-electron chi connectivity index (χ2n) is 10.7. The van der Waals surface area contributed by atoms with Gasteiger partial charge in [-0.3, -0.25) is 13.8 Å². The number of carbonyl (C=O) groups is 1. The molecular formula is C33H38N4O3S. The molecule has 2 aliphatic rings. The zero-order valence-electron chi connectivity index (χ0n) is 23.6. The molecule has 1 fully saturated rings. The van der Waals surface area contributed by atoms with E-state index in [0.29, 0.717) is 29.3 Å². The Hall–Kier alpha value is -3.75. The highest BCUT2D eigenvalue weighted by atomic mass is 32.2. The van der Waals surface area contributed by atoms with Gasteiger partial charge in [-0.15, -0.1) is 0 Å². The number of amidine groups is 1. The number of nitrogens with two attached hydrogens (primary N) is 2. The quantitative estimate of drug-likeness (QED) is 0.225. The van der Waals surface area contributed by atoms with Crippen LogP contribution in [0.2, 0.25) is 0 Å². The third-order valence-electron chi connectivity index (χ3n) is 7.55. The van der Waals surface area contributed by atoms with Gasteiger partial charge >= 0.3 is 0 Å². The number of amides is 1. The van der Waals surface area contributed by atoms with Gasteiger partial charge in [-0.1, -0.05) is 62.6 Å². The van der Waals surface area contributed by atoms with Crippen molar-refractivity contribution in [2.75, 3.05) is 12.3 Å². The normalized spacial score (nSPS) is 16.2. The molecule has 1 unspecified atom stereocenters. The molecule has 5 rings (SSSR count). The Morgan fingerprint density at radius 2 is 1.76 bits per heavy atom. The molecule has 1 heterocycles.